The van der Waals surface area contributed by atoms with Crippen molar-refractivity contribution in [3.05, 3.63) is 0 Å². The molecule has 0 bridgehead atoms. The molecule has 6 heteroatoms. The van der Waals surface area contributed by atoms with Gasteiger partial charge in [0.2, 0.25) is 5.91 Å². The first-order valence-electron chi connectivity index (χ1n) is 5.20. The van der Waals surface area contributed by atoms with Crippen molar-refractivity contribution in [2.75, 3.05) is 40.8 Å². The molecule has 0 radical (unpaired) electrons. The van der Waals surface area contributed by atoms with Gasteiger partial charge in [0.25, 0.3) is 0 Å². The van der Waals surface area contributed by atoms with E-state index < -0.39 is 12.0 Å². The zero-order valence-corrected chi connectivity index (χ0v) is 10.4. The van der Waals surface area contributed by atoms with Crippen LogP contribution in [0.2, 0.25) is 0 Å². The van der Waals surface area contributed by atoms with Gasteiger partial charge in [-0.05, 0) is 21.0 Å². The van der Waals surface area contributed by atoms with Crippen molar-refractivity contribution >= 4 is 11.9 Å². The molecule has 1 amide bonds. The second-order valence-corrected chi connectivity index (χ2v) is 3.96. The second kappa shape index (κ2) is 7.19. The average molecular weight is 231 g/mol. The monoisotopic (exact) mass is 231 g/mol. The molecule has 0 saturated carbocycles. The lowest BCUT2D eigenvalue weighted by Gasteiger charge is -2.27. The minimum absolute atomic E-state index is 0.123. The molecule has 0 aromatic heterocycles. The van der Waals surface area contributed by atoms with Crippen molar-refractivity contribution < 1.29 is 14.7 Å². The number of rotatable bonds is 7. The molecule has 94 valence electrons. The molecule has 1 unspecified atom stereocenters. The van der Waals surface area contributed by atoms with E-state index in [9.17, 15) is 9.59 Å². The van der Waals surface area contributed by atoms with Crippen LogP contribution in [-0.2, 0) is 9.59 Å². The molecule has 6 nitrogen and oxygen atoms in total. The topological polar surface area (TPSA) is 72.9 Å². The van der Waals surface area contributed by atoms with Crippen molar-refractivity contribution in [1.29, 1.82) is 0 Å². The number of hydrogen-bond acceptors (Lipinski definition) is 4. The summed E-state index contributed by atoms with van der Waals surface area (Å²) in [7, 11) is 5.36. The third-order valence-electron chi connectivity index (χ3n) is 2.35. The van der Waals surface area contributed by atoms with Crippen LogP contribution in [0, 0.1) is 0 Å². The van der Waals surface area contributed by atoms with Crippen molar-refractivity contribution in [3.8, 4) is 0 Å². The van der Waals surface area contributed by atoms with Gasteiger partial charge >= 0.3 is 5.97 Å². The third-order valence-corrected chi connectivity index (χ3v) is 2.35. The number of hydrogen-bond donors (Lipinski definition) is 2. The molecule has 16 heavy (non-hydrogen) atoms. The highest BCUT2D eigenvalue weighted by atomic mass is 16.4. The largest absolute Gasteiger partial charge is 0.480 e. The van der Waals surface area contributed by atoms with E-state index in [2.05, 4.69) is 5.32 Å². The molecule has 0 aliphatic rings. The first-order chi connectivity index (χ1) is 7.38. The lowest BCUT2D eigenvalue weighted by molar-refractivity contribution is -0.139. The van der Waals surface area contributed by atoms with E-state index >= 15 is 0 Å². The van der Waals surface area contributed by atoms with E-state index in [-0.39, 0.29) is 12.5 Å². The molecule has 0 fully saturated rings. The first-order valence-corrected chi connectivity index (χ1v) is 5.20. The van der Waals surface area contributed by atoms with Gasteiger partial charge in [-0.1, -0.05) is 0 Å². The Morgan fingerprint density at radius 3 is 2.25 bits per heavy atom. The van der Waals surface area contributed by atoms with Crippen LogP contribution < -0.4 is 5.32 Å². The van der Waals surface area contributed by atoms with Crippen molar-refractivity contribution in [2.45, 2.75) is 13.0 Å². The predicted octanol–water partition coefficient (Wildman–Crippen LogP) is -0.931. The van der Waals surface area contributed by atoms with Gasteiger partial charge in [-0.15, -0.1) is 0 Å². The molecule has 0 saturated heterocycles. The van der Waals surface area contributed by atoms with E-state index in [1.54, 1.807) is 18.9 Å². The molecule has 0 aromatic rings. The van der Waals surface area contributed by atoms with Gasteiger partial charge < -0.3 is 15.3 Å². The number of carbonyl (C=O) groups is 2. The summed E-state index contributed by atoms with van der Waals surface area (Å²) in [5, 5.41) is 11.3. The fourth-order valence-corrected chi connectivity index (χ4v) is 1.29. The summed E-state index contributed by atoms with van der Waals surface area (Å²) in [6.45, 7) is 2.85. The van der Waals surface area contributed by atoms with Gasteiger partial charge in [-0.25, -0.2) is 0 Å². The smallest absolute Gasteiger partial charge is 0.317 e. The summed E-state index contributed by atoms with van der Waals surface area (Å²) in [6.07, 6.45) is 0. The SMILES string of the molecule is CNC(=O)C(C)N(CCN(C)C)CC(=O)O. The number of likely N-dealkylation sites (N-methyl/N-ethyl adjacent to an activating group) is 2. The summed E-state index contributed by atoms with van der Waals surface area (Å²) in [5.74, 6) is -1.09. The Balaban J connectivity index is 4.40. The van der Waals surface area contributed by atoms with Crippen LogP contribution in [0.5, 0.6) is 0 Å². The van der Waals surface area contributed by atoms with E-state index in [0.717, 1.165) is 0 Å². The van der Waals surface area contributed by atoms with Gasteiger partial charge in [0.05, 0.1) is 12.6 Å². The Morgan fingerprint density at radius 2 is 1.88 bits per heavy atom. The number of amides is 1. The molecule has 0 aliphatic heterocycles. The standard InChI is InChI=1S/C10H21N3O3/c1-8(10(16)11-2)13(7-9(14)15)6-5-12(3)4/h8H,5-7H2,1-4H3,(H,11,16)(H,14,15). The number of carboxylic acids is 1. The van der Waals surface area contributed by atoms with E-state index in [4.69, 9.17) is 5.11 Å². The molecule has 1 atom stereocenters. The number of carbonyl (C=O) groups excluding carboxylic acids is 1. The fraction of sp³-hybridized carbons (Fsp3) is 0.800. The second-order valence-electron chi connectivity index (χ2n) is 3.96. The average Bonchev–Trinajstić information content (AvgIpc) is 2.21. The van der Waals surface area contributed by atoms with Crippen LogP contribution in [0.25, 0.3) is 0 Å². The summed E-state index contributed by atoms with van der Waals surface area (Å²) >= 11 is 0. The molecule has 0 spiro atoms. The highest BCUT2D eigenvalue weighted by molar-refractivity contribution is 5.81. The zero-order valence-electron chi connectivity index (χ0n) is 10.4. The summed E-state index contributed by atoms with van der Waals surface area (Å²) in [6, 6.07) is -0.430. The molecular formula is C10H21N3O3. The molecular weight excluding hydrogens is 210 g/mol. The summed E-state index contributed by atoms with van der Waals surface area (Å²) < 4.78 is 0. The highest BCUT2D eigenvalue weighted by Gasteiger charge is 2.22. The summed E-state index contributed by atoms with van der Waals surface area (Å²) in [4.78, 5) is 25.7. The van der Waals surface area contributed by atoms with E-state index in [0.29, 0.717) is 13.1 Å². The highest BCUT2D eigenvalue weighted by Crippen LogP contribution is 1.99. The number of aliphatic carboxylic acids is 1. The maximum atomic E-state index is 11.4. The number of nitrogens with one attached hydrogen (secondary N) is 1. The summed E-state index contributed by atoms with van der Waals surface area (Å²) in [5.41, 5.74) is 0. The Labute approximate surface area is 96.2 Å². The zero-order chi connectivity index (χ0) is 12.7. The quantitative estimate of drug-likeness (QED) is 0.592. The Bertz CT molecular complexity index is 243. The minimum atomic E-state index is -0.922. The van der Waals surface area contributed by atoms with Crippen LogP contribution in [-0.4, -0.2) is 73.6 Å². The van der Waals surface area contributed by atoms with Crippen LogP contribution >= 0.6 is 0 Å². The van der Waals surface area contributed by atoms with Crippen LogP contribution in [0.4, 0.5) is 0 Å². The van der Waals surface area contributed by atoms with E-state index in [1.165, 1.54) is 0 Å². The molecule has 0 rings (SSSR count). The Hall–Kier alpha value is -1.14. The lowest BCUT2D eigenvalue weighted by Crippen LogP contribution is -2.48. The molecule has 0 heterocycles. The van der Waals surface area contributed by atoms with Gasteiger partial charge in [0.1, 0.15) is 0 Å². The van der Waals surface area contributed by atoms with Crippen LogP contribution in [0.3, 0.4) is 0 Å². The number of nitrogens with zero attached hydrogens (tertiary/aromatic N) is 2. The van der Waals surface area contributed by atoms with E-state index in [1.807, 2.05) is 19.0 Å². The lowest BCUT2D eigenvalue weighted by atomic mass is 10.2. The normalized spacial score (nSPS) is 12.9. The van der Waals surface area contributed by atoms with Crippen LogP contribution in [0.15, 0.2) is 0 Å². The third kappa shape index (κ3) is 5.67. The maximum absolute atomic E-state index is 11.4. The van der Waals surface area contributed by atoms with Gasteiger partial charge in [-0.3, -0.25) is 14.5 Å². The number of carboxylic acid groups (broad SMARTS) is 1. The first kappa shape index (κ1) is 14.9. The maximum Gasteiger partial charge on any atom is 0.317 e. The molecule has 0 aromatic carbocycles. The molecule has 0 aliphatic carbocycles. The van der Waals surface area contributed by atoms with Gasteiger partial charge in [-0.2, -0.15) is 0 Å². The van der Waals surface area contributed by atoms with Crippen molar-refractivity contribution in [1.82, 2.24) is 15.1 Å². The van der Waals surface area contributed by atoms with Gasteiger partial charge in [0, 0.05) is 20.1 Å². The van der Waals surface area contributed by atoms with Crippen molar-refractivity contribution in [2.24, 2.45) is 0 Å². The Kier molecular flexibility index (Phi) is 6.67. The molecule has 2 N–H and O–H groups in total. The van der Waals surface area contributed by atoms with Gasteiger partial charge in [0.15, 0.2) is 0 Å². The van der Waals surface area contributed by atoms with Crippen LogP contribution in [0.1, 0.15) is 6.92 Å². The minimum Gasteiger partial charge on any atom is -0.480 e. The van der Waals surface area contributed by atoms with Crippen molar-refractivity contribution in [3.63, 3.8) is 0 Å². The fourth-order valence-electron chi connectivity index (χ4n) is 1.29. The predicted molar refractivity (Wildman–Crippen MR) is 61.3 cm³/mol. The Morgan fingerprint density at radius 1 is 1.31 bits per heavy atom.